The number of sulfonamides is 1. The van der Waals surface area contributed by atoms with E-state index in [1.165, 1.54) is 12.1 Å². The summed E-state index contributed by atoms with van der Waals surface area (Å²) in [5, 5.41) is 17.8. The highest BCUT2D eigenvalue weighted by atomic mass is 32.2. The molecule has 0 amide bonds. The summed E-state index contributed by atoms with van der Waals surface area (Å²) in [6, 6.07) is 4.73. The number of thiophene rings is 1. The third kappa shape index (κ3) is 3.26. The van der Waals surface area contributed by atoms with Crippen LogP contribution in [0.15, 0.2) is 16.3 Å². The Labute approximate surface area is 105 Å². The molecule has 17 heavy (non-hydrogen) atoms. The average molecular weight is 274 g/mol. The topological polar surface area (TPSA) is 90.2 Å². The lowest BCUT2D eigenvalue weighted by atomic mass is 10.0. The zero-order chi connectivity index (χ0) is 13.1. The summed E-state index contributed by atoms with van der Waals surface area (Å²) in [4.78, 5) is 0.340. The van der Waals surface area contributed by atoms with E-state index in [2.05, 4.69) is 4.72 Å². The minimum atomic E-state index is -3.67. The molecule has 0 radical (unpaired) electrons. The summed E-state index contributed by atoms with van der Waals surface area (Å²) < 4.78 is 26.5. The van der Waals surface area contributed by atoms with Gasteiger partial charge in [0.1, 0.15) is 15.2 Å². The molecule has 1 rings (SSSR count). The molecule has 0 aliphatic rings. The molecular weight excluding hydrogens is 260 g/mol. The molecule has 94 valence electrons. The number of hydrogen-bond donors (Lipinski definition) is 2. The van der Waals surface area contributed by atoms with Crippen molar-refractivity contribution >= 4 is 21.4 Å². The van der Waals surface area contributed by atoms with Crippen LogP contribution in [0.3, 0.4) is 0 Å². The smallest absolute Gasteiger partial charge is 0.250 e. The van der Waals surface area contributed by atoms with Gasteiger partial charge in [-0.2, -0.15) is 5.26 Å². The standard InChI is InChI=1S/C10H14N2O3S2/c1-3-10(2,7-13)12-17(14,15)9-5-4-8(6-11)16-9/h4-5,12-13H,3,7H2,1-2H3. The van der Waals surface area contributed by atoms with Gasteiger partial charge in [-0.05, 0) is 25.5 Å². The quantitative estimate of drug-likeness (QED) is 0.840. The maximum Gasteiger partial charge on any atom is 0.250 e. The fraction of sp³-hybridized carbons (Fsp3) is 0.500. The number of nitriles is 1. The van der Waals surface area contributed by atoms with Gasteiger partial charge in [-0.1, -0.05) is 6.92 Å². The van der Waals surface area contributed by atoms with Crippen molar-refractivity contribution in [3.63, 3.8) is 0 Å². The predicted molar refractivity (Wildman–Crippen MR) is 65.1 cm³/mol. The SMILES string of the molecule is CCC(C)(CO)NS(=O)(=O)c1ccc(C#N)s1. The highest BCUT2D eigenvalue weighted by Crippen LogP contribution is 2.22. The fourth-order valence-corrected chi connectivity index (χ4v) is 3.69. The maximum atomic E-state index is 12.0. The molecule has 7 heteroatoms. The Balaban J connectivity index is 3.01. The second-order valence-electron chi connectivity index (χ2n) is 3.91. The van der Waals surface area contributed by atoms with E-state index >= 15 is 0 Å². The first-order valence-electron chi connectivity index (χ1n) is 5.01. The van der Waals surface area contributed by atoms with E-state index in [0.717, 1.165) is 11.3 Å². The van der Waals surface area contributed by atoms with Crippen LogP contribution in [0.2, 0.25) is 0 Å². The van der Waals surface area contributed by atoms with Crippen molar-refractivity contribution in [3.8, 4) is 6.07 Å². The lowest BCUT2D eigenvalue weighted by molar-refractivity contribution is 0.191. The monoisotopic (exact) mass is 274 g/mol. The highest BCUT2D eigenvalue weighted by Gasteiger charge is 2.29. The molecular formula is C10H14N2O3S2. The van der Waals surface area contributed by atoms with Crippen molar-refractivity contribution in [1.82, 2.24) is 4.72 Å². The van der Waals surface area contributed by atoms with Gasteiger partial charge in [-0.3, -0.25) is 0 Å². The molecule has 1 heterocycles. The number of aliphatic hydroxyl groups excluding tert-OH is 1. The van der Waals surface area contributed by atoms with Gasteiger partial charge in [0.15, 0.2) is 0 Å². The second kappa shape index (κ2) is 5.14. The number of nitrogens with zero attached hydrogens (tertiary/aromatic N) is 1. The number of aliphatic hydroxyl groups is 1. The van der Waals surface area contributed by atoms with Crippen LogP contribution in [0.4, 0.5) is 0 Å². The molecule has 1 aromatic heterocycles. The number of nitrogens with one attached hydrogen (secondary N) is 1. The van der Waals surface area contributed by atoms with E-state index in [1.54, 1.807) is 13.8 Å². The molecule has 1 atom stereocenters. The Kier molecular flexibility index (Phi) is 4.27. The van der Waals surface area contributed by atoms with E-state index in [4.69, 9.17) is 5.26 Å². The van der Waals surface area contributed by atoms with Gasteiger partial charge in [0.05, 0.1) is 12.1 Å². The summed E-state index contributed by atoms with van der Waals surface area (Å²) >= 11 is 0.908. The Bertz CT molecular complexity index is 524. The van der Waals surface area contributed by atoms with Crippen LogP contribution in [-0.2, 0) is 10.0 Å². The highest BCUT2D eigenvalue weighted by molar-refractivity contribution is 7.91. The van der Waals surface area contributed by atoms with Gasteiger partial charge >= 0.3 is 0 Å². The Morgan fingerprint density at radius 2 is 2.24 bits per heavy atom. The van der Waals surface area contributed by atoms with Crippen LogP contribution in [-0.4, -0.2) is 25.7 Å². The molecule has 1 aromatic rings. The lowest BCUT2D eigenvalue weighted by Gasteiger charge is -2.26. The first-order valence-corrected chi connectivity index (χ1v) is 7.31. The van der Waals surface area contributed by atoms with Crippen molar-refractivity contribution in [2.75, 3.05) is 6.61 Å². The van der Waals surface area contributed by atoms with Gasteiger partial charge in [-0.15, -0.1) is 11.3 Å². The van der Waals surface area contributed by atoms with Gasteiger partial charge in [0, 0.05) is 0 Å². The van der Waals surface area contributed by atoms with Crippen LogP contribution in [0.1, 0.15) is 25.1 Å². The molecule has 0 spiro atoms. The average Bonchev–Trinajstić information content (AvgIpc) is 2.77. The van der Waals surface area contributed by atoms with E-state index in [0.29, 0.717) is 11.3 Å². The van der Waals surface area contributed by atoms with Crippen LogP contribution in [0.5, 0.6) is 0 Å². The molecule has 2 N–H and O–H groups in total. The lowest BCUT2D eigenvalue weighted by Crippen LogP contribution is -2.48. The van der Waals surface area contributed by atoms with E-state index in [1.807, 2.05) is 6.07 Å². The number of rotatable bonds is 5. The van der Waals surface area contributed by atoms with Gasteiger partial charge in [-0.25, -0.2) is 13.1 Å². The van der Waals surface area contributed by atoms with E-state index < -0.39 is 15.6 Å². The van der Waals surface area contributed by atoms with Crippen LogP contribution in [0, 0.1) is 11.3 Å². The van der Waals surface area contributed by atoms with Crippen molar-refractivity contribution in [2.45, 2.75) is 30.0 Å². The van der Waals surface area contributed by atoms with Crippen LogP contribution < -0.4 is 4.72 Å². The maximum absolute atomic E-state index is 12.0. The molecule has 1 unspecified atom stereocenters. The summed E-state index contributed by atoms with van der Waals surface area (Å²) in [6.45, 7) is 3.14. The van der Waals surface area contributed by atoms with Crippen molar-refractivity contribution in [3.05, 3.63) is 17.0 Å². The minimum Gasteiger partial charge on any atom is -0.394 e. The van der Waals surface area contributed by atoms with Gasteiger partial charge < -0.3 is 5.11 Å². The van der Waals surface area contributed by atoms with Crippen LogP contribution in [0.25, 0.3) is 0 Å². The molecule has 0 aromatic carbocycles. The summed E-state index contributed by atoms with van der Waals surface area (Å²) in [5.74, 6) is 0. The summed E-state index contributed by atoms with van der Waals surface area (Å²) in [6.07, 6.45) is 0.471. The summed E-state index contributed by atoms with van der Waals surface area (Å²) in [5.41, 5.74) is -0.879. The fourth-order valence-electron chi connectivity index (χ4n) is 1.12. The first-order chi connectivity index (χ1) is 7.87. The van der Waals surface area contributed by atoms with Gasteiger partial charge in [0.2, 0.25) is 0 Å². The summed E-state index contributed by atoms with van der Waals surface area (Å²) in [7, 11) is -3.67. The molecule has 0 aliphatic heterocycles. The Morgan fingerprint density at radius 3 is 2.65 bits per heavy atom. The van der Waals surface area contributed by atoms with Crippen molar-refractivity contribution < 1.29 is 13.5 Å². The third-order valence-corrected chi connectivity index (χ3v) is 5.59. The zero-order valence-electron chi connectivity index (χ0n) is 9.60. The predicted octanol–water partition coefficient (Wildman–Crippen LogP) is 1.06. The molecule has 0 fully saturated rings. The van der Waals surface area contributed by atoms with E-state index in [9.17, 15) is 13.5 Å². The van der Waals surface area contributed by atoms with Crippen LogP contribution >= 0.6 is 11.3 Å². The molecule has 0 saturated heterocycles. The minimum absolute atomic E-state index is 0.0853. The second-order valence-corrected chi connectivity index (χ2v) is 6.90. The zero-order valence-corrected chi connectivity index (χ0v) is 11.2. The molecule has 0 aliphatic carbocycles. The Hall–Kier alpha value is -0.940. The number of hydrogen-bond acceptors (Lipinski definition) is 5. The largest absolute Gasteiger partial charge is 0.394 e. The third-order valence-electron chi connectivity index (χ3n) is 2.47. The molecule has 0 saturated carbocycles. The molecule has 5 nitrogen and oxygen atoms in total. The Morgan fingerprint density at radius 1 is 1.59 bits per heavy atom. The van der Waals surface area contributed by atoms with Gasteiger partial charge in [0.25, 0.3) is 10.0 Å². The van der Waals surface area contributed by atoms with Crippen molar-refractivity contribution in [2.24, 2.45) is 0 Å². The molecule has 0 bridgehead atoms. The normalized spacial score (nSPS) is 15.2. The first kappa shape index (κ1) is 14.1. The van der Waals surface area contributed by atoms with Crippen molar-refractivity contribution in [1.29, 1.82) is 5.26 Å². The van der Waals surface area contributed by atoms with E-state index in [-0.39, 0.29) is 10.8 Å².